The zero-order valence-corrected chi connectivity index (χ0v) is 70.7. The standard InChI is InChI=1S/C84H126N16O20/c1-8-86-72(102)33-39-111-43-47-115-52-54-118-50-46-114-42-38-99-79-66(94-96-99)22-10-9-11-26-70(79)119-57-74(104)87-35-17-16-23-67(81(107)93-76(58(2)3)82(108)92-68(24-18-36-89-84(85)110)80(106)90-63-29-27-61(28-30-63)56-120-83(109)59(4)5)91-73(103)34-40-112-44-48-116-51-53-117-49-45-113-41-37-88-71(101)31-32-75(105)98-55-62-19-12-13-20-64(62)77-78(100(60(6)7)97-95-77)65-21-14-15-25-69(65)98/h12-15,19-21,25,27-30,58-60,67-68,70,76H,8-11,16-18,22-24,26,31-57H2,1-7H3,(H,86,102)(H,87,104)(H,88,101)(H,90,106)(H,91,103)(H,92,108)(H,93,107)(H3,85,89,110)/t67-,68+,70?,76+/m1/s1. The van der Waals surface area contributed by atoms with Crippen LogP contribution in [0.3, 0.4) is 0 Å². The van der Waals surface area contributed by atoms with Gasteiger partial charge in [0.1, 0.15) is 43.1 Å². The fourth-order valence-corrected chi connectivity index (χ4v) is 13.0. The average molecular weight is 1680 g/mol. The van der Waals surface area contributed by atoms with E-state index in [9.17, 15) is 47.9 Å². The molecule has 662 valence electrons. The third kappa shape index (κ3) is 35.0. The van der Waals surface area contributed by atoms with E-state index in [0.29, 0.717) is 109 Å². The van der Waals surface area contributed by atoms with Crippen molar-refractivity contribution in [3.63, 3.8) is 0 Å². The van der Waals surface area contributed by atoms with E-state index in [2.05, 4.69) is 63.2 Å². The number of anilines is 2. The lowest BCUT2D eigenvalue weighted by Crippen LogP contribution is -2.57. The third-order valence-electron chi connectivity index (χ3n) is 19.4. The largest absolute Gasteiger partial charge is 0.461 e. The average Bonchev–Trinajstić information content (AvgIpc) is 1.54. The van der Waals surface area contributed by atoms with Crippen LogP contribution in [-0.4, -0.2) is 246 Å². The van der Waals surface area contributed by atoms with E-state index >= 15 is 0 Å². The van der Waals surface area contributed by atoms with Crippen LogP contribution in [0.4, 0.5) is 16.2 Å². The van der Waals surface area contributed by atoms with E-state index < -0.39 is 59.8 Å². The van der Waals surface area contributed by atoms with Crippen LogP contribution in [-0.2, 0) is 117 Å². The highest BCUT2D eigenvalue weighted by Gasteiger charge is 2.34. The van der Waals surface area contributed by atoms with Gasteiger partial charge in [0.25, 0.3) is 0 Å². The molecule has 1 unspecified atom stereocenters. The number of urea groups is 1. The Morgan fingerprint density at radius 3 is 1.77 bits per heavy atom. The van der Waals surface area contributed by atoms with Gasteiger partial charge in [-0.05, 0) is 107 Å². The molecule has 10 N–H and O–H groups in total. The van der Waals surface area contributed by atoms with Crippen molar-refractivity contribution in [3.05, 3.63) is 95.3 Å². The Bertz CT molecular complexity index is 3970. The van der Waals surface area contributed by atoms with Crippen LogP contribution in [0.15, 0.2) is 72.8 Å². The number of ether oxygens (including phenoxy) is 10. The number of aromatic nitrogens is 6. The van der Waals surface area contributed by atoms with Gasteiger partial charge in [0.2, 0.25) is 47.3 Å². The normalized spacial score (nSPS) is 13.8. The van der Waals surface area contributed by atoms with Gasteiger partial charge in [-0.25, -0.2) is 14.2 Å². The van der Waals surface area contributed by atoms with Gasteiger partial charge in [-0.1, -0.05) is 106 Å². The van der Waals surface area contributed by atoms with E-state index in [1.54, 1.807) is 61.5 Å². The number of para-hydroxylation sites is 1. The number of nitrogens with one attached hydrogen (secondary N) is 8. The van der Waals surface area contributed by atoms with Crippen LogP contribution in [0.2, 0.25) is 0 Å². The molecular formula is C84H126N16O20. The maximum atomic E-state index is 14.4. The summed E-state index contributed by atoms with van der Waals surface area (Å²) in [6, 6.07) is 17.9. The van der Waals surface area contributed by atoms with Crippen molar-refractivity contribution >= 4 is 70.6 Å². The Hall–Kier alpha value is -9.92. The van der Waals surface area contributed by atoms with Gasteiger partial charge in [-0.3, -0.25) is 43.2 Å². The topological polar surface area (TPSA) is 450 Å². The van der Waals surface area contributed by atoms with Crippen molar-refractivity contribution in [1.82, 2.24) is 67.2 Å². The van der Waals surface area contributed by atoms with Crippen molar-refractivity contribution in [2.75, 3.05) is 149 Å². The summed E-state index contributed by atoms with van der Waals surface area (Å²) in [5.74, 6) is -4.51. The number of amides is 10. The van der Waals surface area contributed by atoms with E-state index in [-0.39, 0.29) is 166 Å². The molecule has 0 spiro atoms. The molecule has 3 heterocycles. The first-order chi connectivity index (χ1) is 58.1. The first-order valence-corrected chi connectivity index (χ1v) is 42.0. The Morgan fingerprint density at radius 1 is 0.533 bits per heavy atom. The molecule has 0 bridgehead atoms. The zero-order valence-electron chi connectivity index (χ0n) is 70.7. The molecule has 0 fully saturated rings. The van der Waals surface area contributed by atoms with Gasteiger partial charge < -0.3 is 101 Å². The van der Waals surface area contributed by atoms with Crippen molar-refractivity contribution in [3.8, 4) is 22.5 Å². The van der Waals surface area contributed by atoms with Crippen LogP contribution in [0, 0.1) is 11.8 Å². The molecule has 0 radical (unpaired) electrons. The molecule has 4 atom stereocenters. The number of aryl methyl sites for hydroxylation is 1. The second-order valence-electron chi connectivity index (χ2n) is 29.9. The Morgan fingerprint density at radius 2 is 1.12 bits per heavy atom. The summed E-state index contributed by atoms with van der Waals surface area (Å²) in [6.07, 6.45) is 5.03. The lowest BCUT2D eigenvalue weighted by Gasteiger charge is -2.29. The molecule has 0 saturated heterocycles. The minimum absolute atomic E-state index is 0.00446. The first kappa shape index (κ1) is 97.2. The molecule has 36 nitrogen and oxygen atoms in total. The lowest BCUT2D eigenvalue weighted by molar-refractivity contribution is -0.148. The van der Waals surface area contributed by atoms with E-state index in [1.807, 2.05) is 74.0 Å². The van der Waals surface area contributed by atoms with Crippen molar-refractivity contribution in [2.45, 2.75) is 188 Å². The number of unbranched alkanes of at least 4 members (excludes halogenated alkanes) is 1. The maximum Gasteiger partial charge on any atom is 0.312 e. The smallest absolute Gasteiger partial charge is 0.312 e. The number of primary amides is 1. The number of fused-ring (bicyclic) bond motifs is 6. The minimum Gasteiger partial charge on any atom is -0.461 e. The SMILES string of the molecule is CCNC(=O)CCOCCOCCOCCOCCn1nnc2c1C(OCC(=O)NCCCC[C@@H](NC(=O)CCOCCOCCOCCOCCNC(=O)CCC(=O)N1Cc3ccccc3-c3nnn(C(C)C)c3-c3ccccc31)C(=O)N[C@H](C(=O)N[C@@H](CCCNC(N)=O)C(=O)Nc1ccc(COC(=O)C(C)C)cc1)C(C)C)CCCCC2. The number of hydrogen-bond acceptors (Lipinski definition) is 24. The van der Waals surface area contributed by atoms with Crippen molar-refractivity contribution in [2.24, 2.45) is 17.6 Å². The van der Waals surface area contributed by atoms with Crippen molar-refractivity contribution < 1.29 is 95.3 Å². The van der Waals surface area contributed by atoms with Gasteiger partial charge in [-0.2, -0.15) is 0 Å². The summed E-state index contributed by atoms with van der Waals surface area (Å²) < 4.78 is 60.5. The van der Waals surface area contributed by atoms with Crippen LogP contribution in [0.5, 0.6) is 0 Å². The molecule has 5 aromatic rings. The number of hydrogen-bond donors (Lipinski definition) is 9. The first-order valence-electron chi connectivity index (χ1n) is 42.0. The van der Waals surface area contributed by atoms with Gasteiger partial charge in [-0.15, -0.1) is 10.2 Å². The van der Waals surface area contributed by atoms with E-state index in [0.717, 1.165) is 70.8 Å². The molecule has 7 rings (SSSR count). The van der Waals surface area contributed by atoms with E-state index in [4.69, 9.17) is 53.1 Å². The number of carbonyl (C=O) groups is 10. The van der Waals surface area contributed by atoms with Crippen LogP contribution in [0.1, 0.15) is 167 Å². The quantitative estimate of drug-likeness (QED) is 0.0168. The maximum absolute atomic E-state index is 14.4. The van der Waals surface area contributed by atoms with E-state index in [1.165, 1.54) is 0 Å². The molecule has 10 amide bonds. The second-order valence-corrected chi connectivity index (χ2v) is 29.9. The molecule has 1 aliphatic heterocycles. The fraction of sp³-hybridized carbons (Fsp3) is 0.619. The summed E-state index contributed by atoms with van der Waals surface area (Å²) in [4.78, 5) is 134. The van der Waals surface area contributed by atoms with Gasteiger partial charge >= 0.3 is 12.0 Å². The molecule has 1 aliphatic carbocycles. The van der Waals surface area contributed by atoms with Crippen molar-refractivity contribution in [1.29, 1.82) is 0 Å². The minimum atomic E-state index is -1.20. The summed E-state index contributed by atoms with van der Waals surface area (Å²) in [7, 11) is 0. The third-order valence-corrected chi connectivity index (χ3v) is 19.4. The number of esters is 1. The highest BCUT2D eigenvalue weighted by atomic mass is 16.6. The van der Waals surface area contributed by atoms with Crippen LogP contribution in [0.25, 0.3) is 22.5 Å². The Labute approximate surface area is 702 Å². The second kappa shape index (κ2) is 55.1. The highest BCUT2D eigenvalue weighted by molar-refractivity contribution is 6.02. The molecular weight excluding hydrogens is 1550 g/mol. The zero-order chi connectivity index (χ0) is 86.2. The Balaban J connectivity index is 0.827. The monoisotopic (exact) mass is 1680 g/mol. The van der Waals surface area contributed by atoms with Gasteiger partial charge in [0.15, 0.2) is 0 Å². The van der Waals surface area contributed by atoms with Gasteiger partial charge in [0, 0.05) is 74.7 Å². The Kier molecular flexibility index (Phi) is 44.6. The molecule has 36 heteroatoms. The summed E-state index contributed by atoms with van der Waals surface area (Å²) >= 11 is 0. The van der Waals surface area contributed by atoms with Crippen LogP contribution >= 0.6 is 0 Å². The number of benzene rings is 3. The number of nitrogens with two attached hydrogens (primary N) is 1. The molecule has 2 aromatic heterocycles. The summed E-state index contributed by atoms with van der Waals surface area (Å²) in [6.45, 7) is 19.0. The number of rotatable bonds is 58. The van der Waals surface area contributed by atoms with Gasteiger partial charge in [0.05, 0.1) is 147 Å². The predicted molar refractivity (Wildman–Crippen MR) is 444 cm³/mol. The summed E-state index contributed by atoms with van der Waals surface area (Å²) in [5, 5.41) is 40.2. The molecule has 120 heavy (non-hydrogen) atoms. The predicted octanol–water partition coefficient (Wildman–Crippen LogP) is 5.63. The summed E-state index contributed by atoms with van der Waals surface area (Å²) in [5.41, 5.74) is 13.0. The lowest BCUT2D eigenvalue weighted by atomic mass is 9.95. The molecule has 2 aliphatic rings. The number of nitrogens with zero attached hydrogens (tertiary/aromatic N) is 7. The molecule has 0 saturated carbocycles. The number of carbonyl (C=O) groups excluding carboxylic acids is 10. The van der Waals surface area contributed by atoms with Crippen LogP contribution < -0.4 is 53.2 Å². The fourth-order valence-electron chi connectivity index (χ4n) is 13.0. The molecule has 3 aromatic carbocycles. The highest BCUT2D eigenvalue weighted by Crippen LogP contribution is 2.42.